The molecule has 1 fully saturated rings. The highest BCUT2D eigenvalue weighted by molar-refractivity contribution is 5.20. The van der Waals surface area contributed by atoms with Gasteiger partial charge in [0.05, 0.1) is 0 Å². The number of hydrogen-bond acceptors (Lipinski definition) is 2. The van der Waals surface area contributed by atoms with Crippen LogP contribution in [0.5, 0.6) is 0 Å². The van der Waals surface area contributed by atoms with Crippen LogP contribution in [0.4, 0.5) is 0 Å². The molecule has 3 unspecified atom stereocenters. The first kappa shape index (κ1) is 16.5. The van der Waals surface area contributed by atoms with Crippen LogP contribution in [-0.4, -0.2) is 30.6 Å². The van der Waals surface area contributed by atoms with Crippen molar-refractivity contribution in [3.63, 3.8) is 0 Å². The number of nitrogens with one attached hydrogen (secondary N) is 1. The summed E-state index contributed by atoms with van der Waals surface area (Å²) in [5, 5.41) is 3.76. The van der Waals surface area contributed by atoms with Gasteiger partial charge in [-0.25, -0.2) is 0 Å². The van der Waals surface area contributed by atoms with Crippen molar-refractivity contribution in [2.45, 2.75) is 58.5 Å². The molecule has 2 nitrogen and oxygen atoms in total. The minimum atomic E-state index is 0.494. The molecule has 1 aromatic rings. The van der Waals surface area contributed by atoms with Crippen LogP contribution in [0.15, 0.2) is 30.3 Å². The Morgan fingerprint density at radius 2 is 1.95 bits per heavy atom. The summed E-state index contributed by atoms with van der Waals surface area (Å²) in [7, 11) is 0. The van der Waals surface area contributed by atoms with Crippen molar-refractivity contribution in [1.29, 1.82) is 0 Å². The Morgan fingerprint density at radius 1 is 1.19 bits per heavy atom. The Labute approximate surface area is 130 Å². The number of hydrogen-bond donors (Lipinski definition) is 1. The first-order valence-electron chi connectivity index (χ1n) is 8.77. The summed E-state index contributed by atoms with van der Waals surface area (Å²) >= 11 is 0. The second kappa shape index (κ2) is 8.55. The maximum absolute atomic E-state index is 3.76. The lowest BCUT2D eigenvalue weighted by atomic mass is 9.97. The lowest BCUT2D eigenvalue weighted by molar-refractivity contribution is 0.104. The van der Waals surface area contributed by atoms with E-state index in [1.54, 1.807) is 0 Å². The van der Waals surface area contributed by atoms with Gasteiger partial charge >= 0.3 is 0 Å². The third-order valence-electron chi connectivity index (χ3n) is 4.68. The molecule has 1 aromatic carbocycles. The van der Waals surface area contributed by atoms with Gasteiger partial charge in [-0.3, -0.25) is 4.90 Å². The lowest BCUT2D eigenvalue weighted by Gasteiger charge is -2.42. The Kier molecular flexibility index (Phi) is 6.72. The van der Waals surface area contributed by atoms with Crippen molar-refractivity contribution in [2.75, 3.05) is 19.6 Å². The van der Waals surface area contributed by atoms with Gasteiger partial charge in [-0.05, 0) is 24.3 Å². The van der Waals surface area contributed by atoms with Gasteiger partial charge in [0, 0.05) is 31.7 Å². The van der Waals surface area contributed by atoms with Gasteiger partial charge < -0.3 is 5.32 Å². The molecule has 0 radical (unpaired) electrons. The minimum absolute atomic E-state index is 0.494. The molecule has 1 aliphatic rings. The zero-order valence-electron chi connectivity index (χ0n) is 14.0. The molecule has 0 aliphatic carbocycles. The highest BCUT2D eigenvalue weighted by Gasteiger charge is 2.28. The van der Waals surface area contributed by atoms with E-state index in [2.05, 4.69) is 61.3 Å². The summed E-state index contributed by atoms with van der Waals surface area (Å²) in [6.45, 7) is 10.5. The molecule has 0 aromatic heterocycles. The summed E-state index contributed by atoms with van der Waals surface area (Å²) in [4.78, 5) is 2.75. The number of rotatable bonds is 7. The van der Waals surface area contributed by atoms with Crippen LogP contribution >= 0.6 is 0 Å². The first-order valence-corrected chi connectivity index (χ1v) is 8.77. The third kappa shape index (κ3) is 4.82. The van der Waals surface area contributed by atoms with E-state index in [1.165, 1.54) is 37.8 Å². The SMILES string of the molecule is CCCC(C)CN1CC(c2ccccc2)NCC1CCC. The molecular formula is C19H32N2. The Morgan fingerprint density at radius 3 is 2.62 bits per heavy atom. The minimum Gasteiger partial charge on any atom is -0.307 e. The number of nitrogens with zero attached hydrogens (tertiary/aromatic N) is 1. The van der Waals surface area contributed by atoms with Gasteiger partial charge in [-0.15, -0.1) is 0 Å². The molecule has 2 rings (SSSR count). The van der Waals surface area contributed by atoms with Gasteiger partial charge in [0.25, 0.3) is 0 Å². The normalized spacial score (nSPS) is 24.9. The molecule has 118 valence electrons. The molecule has 1 saturated heterocycles. The van der Waals surface area contributed by atoms with Crippen LogP contribution < -0.4 is 5.32 Å². The topological polar surface area (TPSA) is 15.3 Å². The zero-order valence-corrected chi connectivity index (χ0v) is 14.0. The fourth-order valence-corrected chi connectivity index (χ4v) is 3.59. The van der Waals surface area contributed by atoms with E-state index in [0.717, 1.165) is 19.0 Å². The zero-order chi connectivity index (χ0) is 15.1. The van der Waals surface area contributed by atoms with E-state index in [0.29, 0.717) is 12.1 Å². The molecule has 21 heavy (non-hydrogen) atoms. The quantitative estimate of drug-likeness (QED) is 0.807. The molecule has 2 heteroatoms. The Hall–Kier alpha value is -0.860. The Bertz CT molecular complexity index is 390. The second-order valence-corrected chi connectivity index (χ2v) is 6.66. The molecule has 1 aliphatic heterocycles. The number of piperazine rings is 1. The molecule has 0 spiro atoms. The summed E-state index contributed by atoms with van der Waals surface area (Å²) < 4.78 is 0. The van der Waals surface area contributed by atoms with E-state index in [1.807, 2.05) is 0 Å². The van der Waals surface area contributed by atoms with Crippen LogP contribution in [0.25, 0.3) is 0 Å². The third-order valence-corrected chi connectivity index (χ3v) is 4.68. The predicted octanol–water partition coefficient (Wildman–Crippen LogP) is 4.24. The average molecular weight is 288 g/mol. The second-order valence-electron chi connectivity index (χ2n) is 6.66. The summed E-state index contributed by atoms with van der Waals surface area (Å²) in [6.07, 6.45) is 5.24. The fraction of sp³-hybridized carbons (Fsp3) is 0.684. The van der Waals surface area contributed by atoms with Gasteiger partial charge in [0.1, 0.15) is 0 Å². The number of benzene rings is 1. The maximum atomic E-state index is 3.76. The maximum Gasteiger partial charge on any atom is 0.0449 e. The molecule has 3 atom stereocenters. The van der Waals surface area contributed by atoms with E-state index in [9.17, 15) is 0 Å². The molecular weight excluding hydrogens is 256 g/mol. The summed E-state index contributed by atoms with van der Waals surface area (Å²) in [5.41, 5.74) is 1.43. The van der Waals surface area contributed by atoms with Gasteiger partial charge in [-0.1, -0.05) is 63.9 Å². The molecule has 0 saturated carbocycles. The van der Waals surface area contributed by atoms with Crippen molar-refractivity contribution >= 4 is 0 Å². The Balaban J connectivity index is 2.01. The van der Waals surface area contributed by atoms with Crippen LogP contribution in [0.1, 0.15) is 58.1 Å². The predicted molar refractivity (Wildman–Crippen MR) is 91.5 cm³/mol. The summed E-state index contributed by atoms with van der Waals surface area (Å²) in [6, 6.07) is 12.1. The van der Waals surface area contributed by atoms with Crippen molar-refractivity contribution < 1.29 is 0 Å². The highest BCUT2D eigenvalue weighted by atomic mass is 15.2. The highest BCUT2D eigenvalue weighted by Crippen LogP contribution is 2.23. The van der Waals surface area contributed by atoms with Crippen molar-refractivity contribution in [3.8, 4) is 0 Å². The monoisotopic (exact) mass is 288 g/mol. The first-order chi connectivity index (χ1) is 10.2. The molecule has 1 N–H and O–H groups in total. The van der Waals surface area contributed by atoms with E-state index in [4.69, 9.17) is 0 Å². The van der Waals surface area contributed by atoms with Crippen molar-refractivity contribution in [2.24, 2.45) is 5.92 Å². The average Bonchev–Trinajstić information content (AvgIpc) is 2.50. The molecule has 1 heterocycles. The standard InChI is InChI=1S/C19H32N2/c1-4-9-16(3)14-21-15-19(17-11-7-6-8-12-17)20-13-18(21)10-5-2/h6-8,11-12,16,18-20H,4-5,9-10,13-15H2,1-3H3. The van der Waals surface area contributed by atoms with E-state index >= 15 is 0 Å². The van der Waals surface area contributed by atoms with Crippen LogP contribution in [0, 0.1) is 5.92 Å². The summed E-state index contributed by atoms with van der Waals surface area (Å²) in [5.74, 6) is 0.809. The van der Waals surface area contributed by atoms with E-state index in [-0.39, 0.29) is 0 Å². The van der Waals surface area contributed by atoms with Gasteiger partial charge in [0.2, 0.25) is 0 Å². The van der Waals surface area contributed by atoms with Gasteiger partial charge in [0.15, 0.2) is 0 Å². The fourth-order valence-electron chi connectivity index (χ4n) is 3.59. The van der Waals surface area contributed by atoms with Gasteiger partial charge in [-0.2, -0.15) is 0 Å². The van der Waals surface area contributed by atoms with Crippen LogP contribution in [0.2, 0.25) is 0 Å². The largest absolute Gasteiger partial charge is 0.307 e. The molecule has 0 amide bonds. The van der Waals surface area contributed by atoms with Crippen molar-refractivity contribution in [1.82, 2.24) is 10.2 Å². The van der Waals surface area contributed by atoms with Crippen LogP contribution in [-0.2, 0) is 0 Å². The smallest absolute Gasteiger partial charge is 0.0449 e. The lowest BCUT2D eigenvalue weighted by Crippen LogP contribution is -2.53. The van der Waals surface area contributed by atoms with E-state index < -0.39 is 0 Å². The van der Waals surface area contributed by atoms with Crippen LogP contribution in [0.3, 0.4) is 0 Å². The molecule has 0 bridgehead atoms. The van der Waals surface area contributed by atoms with Crippen molar-refractivity contribution in [3.05, 3.63) is 35.9 Å².